The molecule has 3 rings (SSSR count). The fraction of sp³-hybridized carbons (Fsp3) is 0.833. The fourth-order valence-electron chi connectivity index (χ4n) is 5.24. The standard InChI is InChI=1S/C24H38O6/c1-16(2)21-17(25)10-8-9-11-20-23(5,30-22(3,4)29-20)13-12-19-24(6,27-15-26-7)14-18(21)28-19/h17-21,25H,1,9,11-15H2,2-7H3/t17-,18-,19-,20-,21-,23-,24+/m0/s1. The summed E-state index contributed by atoms with van der Waals surface area (Å²) in [6, 6.07) is 0. The van der Waals surface area contributed by atoms with E-state index in [-0.39, 0.29) is 31.0 Å². The van der Waals surface area contributed by atoms with Crippen LogP contribution in [-0.2, 0) is 23.7 Å². The molecule has 0 amide bonds. The first-order valence-corrected chi connectivity index (χ1v) is 11.0. The van der Waals surface area contributed by atoms with Gasteiger partial charge in [-0.2, -0.15) is 0 Å². The summed E-state index contributed by atoms with van der Waals surface area (Å²) in [7, 11) is 1.62. The molecule has 0 aromatic carbocycles. The van der Waals surface area contributed by atoms with E-state index in [1.54, 1.807) is 7.11 Å². The van der Waals surface area contributed by atoms with E-state index >= 15 is 0 Å². The molecule has 2 bridgehead atoms. The van der Waals surface area contributed by atoms with E-state index in [0.29, 0.717) is 12.8 Å². The smallest absolute Gasteiger partial charge is 0.164 e. The van der Waals surface area contributed by atoms with Crippen LogP contribution in [0, 0.1) is 17.8 Å². The zero-order valence-electron chi connectivity index (χ0n) is 19.3. The van der Waals surface area contributed by atoms with Crippen LogP contribution >= 0.6 is 0 Å². The number of rotatable bonds is 4. The predicted octanol–water partition coefficient (Wildman–Crippen LogP) is 3.56. The van der Waals surface area contributed by atoms with Gasteiger partial charge in [-0.15, -0.1) is 5.92 Å². The van der Waals surface area contributed by atoms with Crippen molar-refractivity contribution in [1.29, 1.82) is 0 Å². The van der Waals surface area contributed by atoms with Crippen LogP contribution in [0.15, 0.2) is 12.2 Å². The average molecular weight is 423 g/mol. The van der Waals surface area contributed by atoms with E-state index in [9.17, 15) is 5.11 Å². The van der Waals surface area contributed by atoms with Crippen molar-refractivity contribution in [3.8, 4) is 11.8 Å². The molecule has 0 aromatic heterocycles. The monoisotopic (exact) mass is 422 g/mol. The van der Waals surface area contributed by atoms with Crippen molar-refractivity contribution in [3.63, 3.8) is 0 Å². The van der Waals surface area contributed by atoms with Crippen molar-refractivity contribution in [1.82, 2.24) is 0 Å². The third-order valence-corrected chi connectivity index (χ3v) is 6.71. The Hall–Kier alpha value is -0.940. The molecule has 1 N–H and O–H groups in total. The number of aliphatic hydroxyl groups is 1. The highest BCUT2D eigenvalue weighted by molar-refractivity contribution is 5.17. The van der Waals surface area contributed by atoms with Crippen LogP contribution in [0.25, 0.3) is 0 Å². The first-order valence-electron chi connectivity index (χ1n) is 11.0. The van der Waals surface area contributed by atoms with Crippen LogP contribution in [-0.4, -0.2) is 60.4 Å². The summed E-state index contributed by atoms with van der Waals surface area (Å²) in [6.45, 7) is 14.3. The van der Waals surface area contributed by atoms with Gasteiger partial charge in [0.05, 0.1) is 29.5 Å². The molecule has 2 fully saturated rings. The molecule has 0 aliphatic carbocycles. The highest BCUT2D eigenvalue weighted by atomic mass is 16.8. The van der Waals surface area contributed by atoms with Crippen molar-refractivity contribution in [2.45, 2.75) is 108 Å². The number of aliphatic hydroxyl groups excluding tert-OH is 1. The molecule has 6 heteroatoms. The predicted molar refractivity (Wildman–Crippen MR) is 114 cm³/mol. The molecule has 2 saturated heterocycles. The van der Waals surface area contributed by atoms with Crippen LogP contribution in [0.1, 0.15) is 66.7 Å². The van der Waals surface area contributed by atoms with Crippen LogP contribution < -0.4 is 0 Å². The second-order valence-corrected chi connectivity index (χ2v) is 9.87. The van der Waals surface area contributed by atoms with Crippen molar-refractivity contribution >= 4 is 0 Å². The molecule has 0 unspecified atom stereocenters. The number of ether oxygens (including phenoxy) is 5. The summed E-state index contributed by atoms with van der Waals surface area (Å²) in [5.41, 5.74) is -0.106. The summed E-state index contributed by atoms with van der Waals surface area (Å²) >= 11 is 0. The summed E-state index contributed by atoms with van der Waals surface area (Å²) in [5.74, 6) is 5.26. The van der Waals surface area contributed by atoms with Gasteiger partial charge in [0.15, 0.2) is 5.79 Å². The van der Waals surface area contributed by atoms with Gasteiger partial charge in [0.2, 0.25) is 0 Å². The van der Waals surface area contributed by atoms with Gasteiger partial charge in [0.1, 0.15) is 12.9 Å². The van der Waals surface area contributed by atoms with E-state index in [4.69, 9.17) is 23.7 Å². The van der Waals surface area contributed by atoms with Gasteiger partial charge in [0.25, 0.3) is 0 Å². The number of hydrogen-bond donors (Lipinski definition) is 1. The molecule has 0 radical (unpaired) electrons. The minimum Gasteiger partial charge on any atom is -0.380 e. The van der Waals surface area contributed by atoms with Crippen LogP contribution in [0.2, 0.25) is 0 Å². The molecular formula is C24H38O6. The number of methoxy groups -OCH3 is 1. The normalized spacial score (nSPS) is 43.5. The number of fused-ring (bicyclic) bond motifs is 3. The van der Waals surface area contributed by atoms with Crippen LogP contribution in [0.5, 0.6) is 0 Å². The number of hydrogen-bond acceptors (Lipinski definition) is 6. The van der Waals surface area contributed by atoms with Gasteiger partial charge in [0, 0.05) is 25.9 Å². The Kier molecular flexibility index (Phi) is 7.03. The van der Waals surface area contributed by atoms with Crippen molar-refractivity contribution in [3.05, 3.63) is 12.2 Å². The molecular weight excluding hydrogens is 384 g/mol. The lowest BCUT2D eigenvalue weighted by molar-refractivity contribution is -0.168. The molecule has 3 heterocycles. The Labute approximate surface area is 181 Å². The van der Waals surface area contributed by atoms with E-state index in [0.717, 1.165) is 24.8 Å². The van der Waals surface area contributed by atoms with Gasteiger partial charge in [-0.25, -0.2) is 0 Å². The maximum Gasteiger partial charge on any atom is 0.164 e. The maximum atomic E-state index is 10.8. The first kappa shape index (κ1) is 23.7. The van der Waals surface area contributed by atoms with Crippen LogP contribution in [0.4, 0.5) is 0 Å². The SMILES string of the molecule is C=C(C)[C@@H]1[C@@H]2C[C@@](C)(OCOC)[C@H](CC[C@]3(C)OC(C)(C)O[C@H]3CCC#C[C@@H]1O)O2. The molecule has 3 aliphatic rings. The summed E-state index contributed by atoms with van der Waals surface area (Å²) < 4.78 is 30.4. The highest BCUT2D eigenvalue weighted by Gasteiger charge is 2.53. The Balaban J connectivity index is 1.93. The Morgan fingerprint density at radius 3 is 2.60 bits per heavy atom. The minimum absolute atomic E-state index is 0.0695. The average Bonchev–Trinajstić information content (AvgIpc) is 3.08. The quantitative estimate of drug-likeness (QED) is 0.425. The van der Waals surface area contributed by atoms with Crippen molar-refractivity contribution in [2.24, 2.45) is 5.92 Å². The minimum atomic E-state index is -0.831. The highest BCUT2D eigenvalue weighted by Crippen LogP contribution is 2.46. The molecule has 30 heavy (non-hydrogen) atoms. The lowest BCUT2D eigenvalue weighted by Gasteiger charge is -2.34. The molecule has 7 atom stereocenters. The Bertz CT molecular complexity index is 694. The zero-order valence-corrected chi connectivity index (χ0v) is 19.3. The lowest BCUT2D eigenvalue weighted by Crippen LogP contribution is -2.42. The first-order chi connectivity index (χ1) is 14.0. The molecule has 0 spiro atoms. The second-order valence-electron chi connectivity index (χ2n) is 9.87. The topological polar surface area (TPSA) is 66.4 Å². The maximum absolute atomic E-state index is 10.8. The lowest BCUT2D eigenvalue weighted by atomic mass is 9.82. The molecule has 3 aliphatic heterocycles. The van der Waals surface area contributed by atoms with Gasteiger partial charge >= 0.3 is 0 Å². The van der Waals surface area contributed by atoms with Gasteiger partial charge in [-0.05, 0) is 53.9 Å². The van der Waals surface area contributed by atoms with Crippen molar-refractivity contribution < 1.29 is 28.8 Å². The third kappa shape index (κ3) is 4.93. The second kappa shape index (κ2) is 8.90. The largest absolute Gasteiger partial charge is 0.380 e. The molecule has 0 aromatic rings. The molecule has 6 nitrogen and oxygen atoms in total. The molecule has 170 valence electrons. The molecule has 0 saturated carbocycles. The summed E-state index contributed by atoms with van der Waals surface area (Å²) in [6.07, 6.45) is 2.28. The third-order valence-electron chi connectivity index (χ3n) is 6.71. The summed E-state index contributed by atoms with van der Waals surface area (Å²) in [5, 5.41) is 10.8. The Morgan fingerprint density at radius 1 is 1.20 bits per heavy atom. The van der Waals surface area contributed by atoms with Gasteiger partial charge in [-0.1, -0.05) is 18.1 Å². The Morgan fingerprint density at radius 2 is 1.93 bits per heavy atom. The van der Waals surface area contributed by atoms with Crippen molar-refractivity contribution in [2.75, 3.05) is 13.9 Å². The van der Waals surface area contributed by atoms with E-state index in [1.165, 1.54) is 0 Å². The zero-order chi connectivity index (χ0) is 22.2. The van der Waals surface area contributed by atoms with E-state index in [2.05, 4.69) is 32.3 Å². The fourth-order valence-corrected chi connectivity index (χ4v) is 5.24. The van der Waals surface area contributed by atoms with Crippen LogP contribution in [0.3, 0.4) is 0 Å². The van der Waals surface area contributed by atoms with E-state index in [1.807, 2.05) is 20.8 Å². The van der Waals surface area contributed by atoms with Gasteiger partial charge in [-0.3, -0.25) is 0 Å². The van der Waals surface area contributed by atoms with E-state index < -0.39 is 23.1 Å². The van der Waals surface area contributed by atoms with Gasteiger partial charge < -0.3 is 28.8 Å². The summed E-state index contributed by atoms with van der Waals surface area (Å²) in [4.78, 5) is 0.